The van der Waals surface area contributed by atoms with Crippen molar-refractivity contribution in [3.63, 3.8) is 0 Å². The summed E-state index contributed by atoms with van der Waals surface area (Å²) < 4.78 is 5.33. The second-order valence-electron chi connectivity index (χ2n) is 4.31. The summed E-state index contributed by atoms with van der Waals surface area (Å²) in [4.78, 5) is 12.1. The van der Waals surface area contributed by atoms with Gasteiger partial charge in [-0.15, -0.1) is 0 Å². The molecule has 0 aliphatic carbocycles. The molecule has 0 saturated carbocycles. The van der Waals surface area contributed by atoms with Crippen LogP contribution in [0.1, 0.15) is 5.56 Å². The van der Waals surface area contributed by atoms with Crippen molar-refractivity contribution in [2.45, 2.75) is 12.5 Å². The normalized spacial score (nSPS) is 23.9. The first kappa shape index (κ1) is 12.6. The molecule has 1 aliphatic rings. The predicted octanol–water partition coefficient (Wildman–Crippen LogP) is 1.69. The van der Waals surface area contributed by atoms with E-state index in [9.17, 15) is 4.79 Å². The van der Waals surface area contributed by atoms with Crippen LogP contribution in [0.4, 0.5) is 0 Å². The fourth-order valence-corrected chi connectivity index (χ4v) is 2.35. The third kappa shape index (κ3) is 3.06. The Hall–Kier alpha value is -0.900. The van der Waals surface area contributed by atoms with E-state index in [2.05, 4.69) is 5.32 Å². The van der Waals surface area contributed by atoms with E-state index in [1.807, 2.05) is 31.3 Å². The molecule has 92 valence electrons. The first-order chi connectivity index (χ1) is 8.20. The van der Waals surface area contributed by atoms with Crippen LogP contribution in [0.15, 0.2) is 24.3 Å². The van der Waals surface area contributed by atoms with E-state index >= 15 is 0 Å². The Balaban J connectivity index is 2.01. The van der Waals surface area contributed by atoms with Gasteiger partial charge in [-0.05, 0) is 24.7 Å². The second-order valence-corrected chi connectivity index (χ2v) is 4.75. The molecule has 1 aromatic carbocycles. The molecule has 1 saturated heterocycles. The van der Waals surface area contributed by atoms with E-state index in [1.165, 1.54) is 0 Å². The third-order valence-electron chi connectivity index (χ3n) is 3.13. The molecule has 2 unspecified atom stereocenters. The minimum atomic E-state index is -0.0426. The fourth-order valence-electron chi connectivity index (χ4n) is 2.14. The lowest BCUT2D eigenvalue weighted by atomic mass is 9.94. The Morgan fingerprint density at radius 1 is 1.53 bits per heavy atom. The van der Waals surface area contributed by atoms with Crippen molar-refractivity contribution >= 4 is 17.4 Å². The number of ether oxygens (including phenoxy) is 1. The van der Waals surface area contributed by atoms with Gasteiger partial charge < -0.3 is 10.1 Å². The molecule has 3 nitrogen and oxygen atoms in total. The lowest BCUT2D eigenvalue weighted by Gasteiger charge is -2.15. The van der Waals surface area contributed by atoms with Crippen molar-refractivity contribution < 1.29 is 9.53 Å². The zero-order valence-electron chi connectivity index (χ0n) is 9.78. The van der Waals surface area contributed by atoms with Crippen molar-refractivity contribution in [2.75, 3.05) is 20.3 Å². The fraction of sp³-hybridized carbons (Fsp3) is 0.462. The Morgan fingerprint density at radius 3 is 3.06 bits per heavy atom. The zero-order chi connectivity index (χ0) is 12.3. The first-order valence-electron chi connectivity index (χ1n) is 5.73. The Bertz CT molecular complexity index is 408. The molecule has 1 aromatic rings. The van der Waals surface area contributed by atoms with E-state index in [1.54, 1.807) is 0 Å². The Kier molecular flexibility index (Phi) is 4.15. The summed E-state index contributed by atoms with van der Waals surface area (Å²) in [6.45, 7) is 1.13. The van der Waals surface area contributed by atoms with E-state index in [-0.39, 0.29) is 17.7 Å². The number of benzene rings is 1. The Labute approximate surface area is 106 Å². The largest absolute Gasteiger partial charge is 0.379 e. The van der Waals surface area contributed by atoms with Crippen molar-refractivity contribution in [2.24, 2.45) is 5.92 Å². The van der Waals surface area contributed by atoms with Crippen molar-refractivity contribution in [3.05, 3.63) is 34.9 Å². The SMILES string of the molecule is CNC1COCC1C(=O)Cc1cccc(Cl)c1. The van der Waals surface area contributed by atoms with Crippen LogP contribution in [0.3, 0.4) is 0 Å². The van der Waals surface area contributed by atoms with Gasteiger partial charge in [-0.1, -0.05) is 23.7 Å². The second kappa shape index (κ2) is 5.63. The highest BCUT2D eigenvalue weighted by molar-refractivity contribution is 6.30. The lowest BCUT2D eigenvalue weighted by Crippen LogP contribution is -2.37. The minimum absolute atomic E-state index is 0.0426. The summed E-state index contributed by atoms with van der Waals surface area (Å²) in [5.74, 6) is 0.170. The quantitative estimate of drug-likeness (QED) is 0.888. The van der Waals surface area contributed by atoms with Gasteiger partial charge in [-0.2, -0.15) is 0 Å². The number of rotatable bonds is 4. The smallest absolute Gasteiger partial charge is 0.144 e. The van der Waals surface area contributed by atoms with Gasteiger partial charge in [0.1, 0.15) is 5.78 Å². The van der Waals surface area contributed by atoms with E-state index in [4.69, 9.17) is 16.3 Å². The van der Waals surface area contributed by atoms with Crippen LogP contribution in [0.5, 0.6) is 0 Å². The molecule has 4 heteroatoms. The molecule has 1 aliphatic heterocycles. The molecular weight excluding hydrogens is 238 g/mol. The van der Waals surface area contributed by atoms with Crippen molar-refractivity contribution in [1.29, 1.82) is 0 Å². The van der Waals surface area contributed by atoms with Crippen LogP contribution in [-0.2, 0) is 16.0 Å². The topological polar surface area (TPSA) is 38.3 Å². The predicted molar refractivity (Wildman–Crippen MR) is 67.3 cm³/mol. The summed E-state index contributed by atoms with van der Waals surface area (Å²) in [6.07, 6.45) is 0.423. The molecule has 2 atom stereocenters. The highest BCUT2D eigenvalue weighted by Gasteiger charge is 2.32. The molecule has 2 rings (SSSR count). The van der Waals surface area contributed by atoms with Crippen molar-refractivity contribution in [1.82, 2.24) is 5.32 Å². The highest BCUT2D eigenvalue weighted by Crippen LogP contribution is 2.18. The number of nitrogens with one attached hydrogen (secondary N) is 1. The van der Waals surface area contributed by atoms with Crippen LogP contribution in [0.25, 0.3) is 0 Å². The van der Waals surface area contributed by atoms with Crippen molar-refractivity contribution in [3.8, 4) is 0 Å². The maximum atomic E-state index is 12.1. The standard InChI is InChI=1S/C13H16ClNO2/c1-15-12-8-17-7-11(12)13(16)6-9-3-2-4-10(14)5-9/h2-5,11-12,15H,6-8H2,1H3. The van der Waals surface area contributed by atoms with Crippen LogP contribution in [0.2, 0.25) is 5.02 Å². The average Bonchev–Trinajstić information content (AvgIpc) is 2.77. The summed E-state index contributed by atoms with van der Waals surface area (Å²) in [5, 5.41) is 3.79. The number of ketones is 1. The van der Waals surface area contributed by atoms with E-state index in [0.29, 0.717) is 24.7 Å². The van der Waals surface area contributed by atoms with E-state index < -0.39 is 0 Å². The maximum absolute atomic E-state index is 12.1. The number of Topliss-reactive ketones (excluding diaryl/α,β-unsaturated/α-hetero) is 1. The third-order valence-corrected chi connectivity index (χ3v) is 3.37. The average molecular weight is 254 g/mol. The number of hydrogen-bond acceptors (Lipinski definition) is 3. The Morgan fingerprint density at radius 2 is 2.35 bits per heavy atom. The first-order valence-corrected chi connectivity index (χ1v) is 6.10. The number of carbonyl (C=O) groups is 1. The summed E-state index contributed by atoms with van der Waals surface area (Å²) >= 11 is 5.90. The summed E-state index contributed by atoms with van der Waals surface area (Å²) in [6, 6.07) is 7.58. The molecule has 1 heterocycles. The molecule has 1 N–H and O–H groups in total. The molecule has 0 spiro atoms. The van der Waals surface area contributed by atoms with Gasteiger partial charge >= 0.3 is 0 Å². The highest BCUT2D eigenvalue weighted by atomic mass is 35.5. The van der Waals surface area contributed by atoms with Gasteiger partial charge in [0.2, 0.25) is 0 Å². The van der Waals surface area contributed by atoms with E-state index in [0.717, 1.165) is 5.56 Å². The number of halogens is 1. The molecule has 0 aromatic heterocycles. The van der Waals surface area contributed by atoms with Crippen LogP contribution >= 0.6 is 11.6 Å². The number of likely N-dealkylation sites (N-methyl/N-ethyl adjacent to an activating group) is 1. The summed E-state index contributed by atoms with van der Waals surface area (Å²) in [7, 11) is 1.86. The molecule has 1 fully saturated rings. The zero-order valence-corrected chi connectivity index (χ0v) is 10.5. The van der Waals surface area contributed by atoms with Crippen LogP contribution in [0, 0.1) is 5.92 Å². The van der Waals surface area contributed by atoms with Gasteiger partial charge in [-0.25, -0.2) is 0 Å². The molecule has 0 radical (unpaired) electrons. The van der Waals surface area contributed by atoms with Gasteiger partial charge in [0.25, 0.3) is 0 Å². The van der Waals surface area contributed by atoms with Crippen LogP contribution < -0.4 is 5.32 Å². The maximum Gasteiger partial charge on any atom is 0.144 e. The minimum Gasteiger partial charge on any atom is -0.379 e. The monoisotopic (exact) mass is 253 g/mol. The van der Waals surface area contributed by atoms with Gasteiger partial charge in [0.15, 0.2) is 0 Å². The van der Waals surface area contributed by atoms with Gasteiger partial charge in [0.05, 0.1) is 19.1 Å². The molecule has 0 bridgehead atoms. The molecule has 17 heavy (non-hydrogen) atoms. The molecule has 0 amide bonds. The summed E-state index contributed by atoms with van der Waals surface area (Å²) in [5.41, 5.74) is 0.962. The lowest BCUT2D eigenvalue weighted by molar-refractivity contribution is -0.122. The van der Waals surface area contributed by atoms with Gasteiger partial charge in [-0.3, -0.25) is 4.79 Å². The molecular formula is C13H16ClNO2. The number of hydrogen-bond donors (Lipinski definition) is 1. The van der Waals surface area contributed by atoms with Gasteiger partial charge in [0, 0.05) is 17.5 Å². The van der Waals surface area contributed by atoms with Crippen LogP contribution in [-0.4, -0.2) is 32.1 Å². The number of carbonyl (C=O) groups excluding carboxylic acids is 1.